The van der Waals surface area contributed by atoms with Gasteiger partial charge in [0.2, 0.25) is 0 Å². The van der Waals surface area contributed by atoms with Crippen LogP contribution in [-0.4, -0.2) is 15.0 Å². The van der Waals surface area contributed by atoms with Crippen molar-refractivity contribution >= 4 is 0 Å². The number of halogens is 1. The molecule has 17 heavy (non-hydrogen) atoms. The first-order valence-electron chi connectivity index (χ1n) is 5.02. The topological polar surface area (TPSA) is 80.5 Å². The Morgan fingerprint density at radius 1 is 1.41 bits per heavy atom. The lowest BCUT2D eigenvalue weighted by atomic mass is 10.1. The van der Waals surface area contributed by atoms with Crippen LogP contribution < -0.4 is 5.73 Å². The molecule has 0 radical (unpaired) electrons. The molecule has 6 heteroatoms. The van der Waals surface area contributed by atoms with Gasteiger partial charge in [0.1, 0.15) is 18.1 Å². The van der Waals surface area contributed by atoms with Crippen LogP contribution in [0.25, 0.3) is 11.3 Å². The maximum atomic E-state index is 13.7. The largest absolute Gasteiger partial charge is 0.325 e. The third-order valence-corrected chi connectivity index (χ3v) is 2.35. The van der Waals surface area contributed by atoms with E-state index in [-0.39, 0.29) is 18.9 Å². The van der Waals surface area contributed by atoms with Crippen molar-refractivity contribution in [1.29, 1.82) is 5.26 Å². The fourth-order valence-corrected chi connectivity index (χ4v) is 1.61. The van der Waals surface area contributed by atoms with E-state index in [1.807, 2.05) is 6.07 Å². The third-order valence-electron chi connectivity index (χ3n) is 2.35. The van der Waals surface area contributed by atoms with E-state index in [2.05, 4.69) is 10.3 Å². The van der Waals surface area contributed by atoms with Crippen molar-refractivity contribution in [2.24, 2.45) is 5.73 Å². The number of nitrogens with zero attached hydrogens (tertiary/aromatic N) is 4. The highest BCUT2D eigenvalue weighted by Gasteiger charge is 2.16. The number of rotatable bonds is 3. The van der Waals surface area contributed by atoms with E-state index in [4.69, 9.17) is 11.0 Å². The van der Waals surface area contributed by atoms with Gasteiger partial charge in [-0.1, -0.05) is 17.3 Å². The van der Waals surface area contributed by atoms with Crippen LogP contribution >= 0.6 is 0 Å². The molecule has 1 aromatic heterocycles. The van der Waals surface area contributed by atoms with E-state index in [1.54, 1.807) is 18.2 Å². The summed E-state index contributed by atoms with van der Waals surface area (Å²) in [7, 11) is 0. The lowest BCUT2D eigenvalue weighted by Crippen LogP contribution is -2.04. The van der Waals surface area contributed by atoms with Gasteiger partial charge in [0.25, 0.3) is 0 Å². The van der Waals surface area contributed by atoms with Gasteiger partial charge in [-0.25, -0.2) is 9.07 Å². The summed E-state index contributed by atoms with van der Waals surface area (Å²) in [5.41, 5.74) is 6.82. The van der Waals surface area contributed by atoms with Crippen LogP contribution in [0.2, 0.25) is 0 Å². The lowest BCUT2D eigenvalue weighted by molar-refractivity contribution is 0.624. The maximum absolute atomic E-state index is 13.7. The highest BCUT2D eigenvalue weighted by atomic mass is 19.1. The summed E-state index contributed by atoms with van der Waals surface area (Å²) in [5.74, 6) is -0.385. The van der Waals surface area contributed by atoms with Crippen molar-refractivity contribution in [2.45, 2.75) is 13.1 Å². The van der Waals surface area contributed by atoms with E-state index < -0.39 is 0 Å². The van der Waals surface area contributed by atoms with Crippen LogP contribution in [0.1, 0.15) is 5.69 Å². The quantitative estimate of drug-likeness (QED) is 0.856. The number of nitrogens with two attached hydrogens (primary N) is 1. The first-order chi connectivity index (χ1) is 8.27. The maximum Gasteiger partial charge on any atom is 0.132 e. The highest BCUT2D eigenvalue weighted by molar-refractivity contribution is 5.62. The Hall–Kier alpha value is -2.26. The molecule has 0 saturated carbocycles. The van der Waals surface area contributed by atoms with Gasteiger partial charge < -0.3 is 5.73 Å². The summed E-state index contributed by atoms with van der Waals surface area (Å²) >= 11 is 0. The van der Waals surface area contributed by atoms with Crippen LogP contribution in [0.4, 0.5) is 4.39 Å². The van der Waals surface area contributed by atoms with Gasteiger partial charge in [0, 0.05) is 12.1 Å². The zero-order valence-electron chi connectivity index (χ0n) is 8.97. The van der Waals surface area contributed by atoms with E-state index in [0.29, 0.717) is 17.0 Å². The summed E-state index contributed by atoms with van der Waals surface area (Å²) in [4.78, 5) is 0. The molecule has 1 heterocycles. The Kier molecular flexibility index (Phi) is 3.12. The Labute approximate surface area is 97.3 Å². The Bertz CT molecular complexity index is 569. The predicted octanol–water partition coefficient (Wildman–Crippen LogP) is 1.07. The molecule has 0 fully saturated rings. The molecule has 0 aliphatic heterocycles. The molecule has 0 spiro atoms. The van der Waals surface area contributed by atoms with E-state index in [1.165, 1.54) is 10.7 Å². The Morgan fingerprint density at radius 2 is 2.18 bits per heavy atom. The fraction of sp³-hybridized carbons (Fsp3) is 0.182. The second-order valence-corrected chi connectivity index (χ2v) is 3.38. The molecular formula is C11H10FN5. The number of benzene rings is 1. The van der Waals surface area contributed by atoms with Gasteiger partial charge in [-0.15, -0.1) is 5.10 Å². The molecule has 0 atom stereocenters. The summed E-state index contributed by atoms with van der Waals surface area (Å²) in [6, 6.07) is 8.21. The van der Waals surface area contributed by atoms with Crippen molar-refractivity contribution in [1.82, 2.24) is 15.0 Å². The van der Waals surface area contributed by atoms with Gasteiger partial charge in [0.15, 0.2) is 0 Å². The number of hydrogen-bond donors (Lipinski definition) is 1. The van der Waals surface area contributed by atoms with Crippen LogP contribution in [0.3, 0.4) is 0 Å². The second-order valence-electron chi connectivity index (χ2n) is 3.38. The van der Waals surface area contributed by atoms with Crippen molar-refractivity contribution in [3.8, 4) is 17.3 Å². The van der Waals surface area contributed by atoms with Gasteiger partial charge in [-0.3, -0.25) is 0 Å². The highest BCUT2D eigenvalue weighted by Crippen LogP contribution is 2.24. The summed E-state index contributed by atoms with van der Waals surface area (Å²) < 4.78 is 15.0. The minimum absolute atomic E-state index is 0.0106. The van der Waals surface area contributed by atoms with Crippen LogP contribution in [0.5, 0.6) is 0 Å². The van der Waals surface area contributed by atoms with Gasteiger partial charge in [0.05, 0.1) is 11.8 Å². The molecule has 0 bridgehead atoms. The van der Waals surface area contributed by atoms with Crippen molar-refractivity contribution in [3.63, 3.8) is 0 Å². The summed E-state index contributed by atoms with van der Waals surface area (Å²) in [6.45, 7) is 0.158. The normalized spacial score (nSPS) is 10.2. The number of aromatic nitrogens is 3. The first kappa shape index (κ1) is 11.2. The van der Waals surface area contributed by atoms with Crippen LogP contribution in [-0.2, 0) is 13.1 Å². The molecular weight excluding hydrogens is 221 g/mol. The molecule has 0 saturated heterocycles. The minimum atomic E-state index is -0.385. The molecule has 5 nitrogen and oxygen atoms in total. The average molecular weight is 231 g/mol. The number of hydrogen-bond acceptors (Lipinski definition) is 4. The molecule has 0 amide bonds. The third kappa shape index (κ3) is 2.00. The zero-order valence-corrected chi connectivity index (χ0v) is 8.97. The molecule has 2 rings (SSSR count). The van der Waals surface area contributed by atoms with Gasteiger partial charge >= 0.3 is 0 Å². The van der Waals surface area contributed by atoms with E-state index in [9.17, 15) is 4.39 Å². The first-order valence-corrected chi connectivity index (χ1v) is 5.02. The van der Waals surface area contributed by atoms with Crippen molar-refractivity contribution in [3.05, 3.63) is 35.8 Å². The predicted molar refractivity (Wildman–Crippen MR) is 58.9 cm³/mol. The summed E-state index contributed by atoms with van der Waals surface area (Å²) in [6.07, 6.45) is 0. The van der Waals surface area contributed by atoms with E-state index >= 15 is 0 Å². The standard InChI is InChI=1S/C11H10FN5/c12-9-4-2-1-3-8(9)11-10(7-14)15-16-17(11)6-5-13/h1-4H,6-7,14H2. The molecule has 0 aliphatic rings. The van der Waals surface area contributed by atoms with Crippen LogP contribution in [0, 0.1) is 17.1 Å². The average Bonchev–Trinajstić information content (AvgIpc) is 2.73. The molecule has 1 aromatic carbocycles. The fourth-order valence-electron chi connectivity index (χ4n) is 1.61. The Morgan fingerprint density at radius 3 is 2.82 bits per heavy atom. The second kappa shape index (κ2) is 4.72. The molecule has 2 aromatic rings. The van der Waals surface area contributed by atoms with Crippen molar-refractivity contribution in [2.75, 3.05) is 0 Å². The number of nitriles is 1. The van der Waals surface area contributed by atoms with Crippen molar-refractivity contribution < 1.29 is 4.39 Å². The molecule has 2 N–H and O–H groups in total. The van der Waals surface area contributed by atoms with E-state index in [0.717, 1.165) is 0 Å². The Balaban J connectivity index is 2.61. The molecule has 0 aliphatic carbocycles. The minimum Gasteiger partial charge on any atom is -0.325 e. The summed E-state index contributed by atoms with van der Waals surface area (Å²) in [5, 5.41) is 16.3. The SMILES string of the molecule is N#CCn1nnc(CN)c1-c1ccccc1F. The van der Waals surface area contributed by atoms with Gasteiger partial charge in [-0.2, -0.15) is 5.26 Å². The molecule has 86 valence electrons. The van der Waals surface area contributed by atoms with Crippen LogP contribution in [0.15, 0.2) is 24.3 Å². The zero-order chi connectivity index (χ0) is 12.3. The molecule has 0 unspecified atom stereocenters. The lowest BCUT2D eigenvalue weighted by Gasteiger charge is -2.05. The smallest absolute Gasteiger partial charge is 0.132 e. The monoisotopic (exact) mass is 231 g/mol. The van der Waals surface area contributed by atoms with Gasteiger partial charge in [-0.05, 0) is 12.1 Å².